The van der Waals surface area contributed by atoms with Crippen molar-refractivity contribution in [3.63, 3.8) is 0 Å². The molecule has 0 aromatic heterocycles. The van der Waals surface area contributed by atoms with Crippen molar-refractivity contribution in [3.05, 3.63) is 71.3 Å². The minimum absolute atomic E-state index is 0.0863. The van der Waals surface area contributed by atoms with Crippen molar-refractivity contribution in [3.8, 4) is 5.75 Å². The fourth-order valence-corrected chi connectivity index (χ4v) is 2.27. The van der Waals surface area contributed by atoms with Crippen LogP contribution in [0.1, 0.15) is 39.1 Å². The predicted octanol–water partition coefficient (Wildman–Crippen LogP) is 2.30. The molecule has 0 heterocycles. The van der Waals surface area contributed by atoms with Crippen LogP contribution in [0.2, 0.25) is 0 Å². The molecule has 0 saturated heterocycles. The van der Waals surface area contributed by atoms with Gasteiger partial charge in [0.05, 0.1) is 0 Å². The van der Waals surface area contributed by atoms with Crippen molar-refractivity contribution in [2.45, 2.75) is 18.9 Å². The molecular weight excluding hydrogens is 332 g/mol. The third kappa shape index (κ3) is 4.80. The predicted molar refractivity (Wildman–Crippen MR) is 96.6 cm³/mol. The number of primary amides is 1. The summed E-state index contributed by atoms with van der Waals surface area (Å²) in [5, 5.41) is 2.92. The minimum atomic E-state index is -0.593. The van der Waals surface area contributed by atoms with Crippen molar-refractivity contribution in [1.29, 1.82) is 0 Å². The van der Waals surface area contributed by atoms with E-state index in [-0.39, 0.29) is 17.2 Å². The average Bonchev–Trinajstić information content (AvgIpc) is 3.44. The summed E-state index contributed by atoms with van der Waals surface area (Å²) >= 11 is 0. The van der Waals surface area contributed by atoms with Crippen LogP contribution in [0.3, 0.4) is 0 Å². The van der Waals surface area contributed by atoms with Crippen LogP contribution in [0.15, 0.2) is 54.6 Å². The molecule has 1 saturated carbocycles. The average molecular weight is 350 g/mol. The van der Waals surface area contributed by atoms with Gasteiger partial charge in [0, 0.05) is 23.2 Å². The number of nitrogens with one attached hydrogen (secondary N) is 1. The molecule has 2 amide bonds. The number of carbonyl (C=O) groups excluding carboxylic acids is 3. The van der Waals surface area contributed by atoms with Crippen LogP contribution in [0.5, 0.6) is 5.75 Å². The Morgan fingerprint density at radius 3 is 2.42 bits per heavy atom. The lowest BCUT2D eigenvalue weighted by Crippen LogP contribution is -2.25. The molecule has 0 atom stereocenters. The van der Waals surface area contributed by atoms with E-state index in [1.54, 1.807) is 42.5 Å². The molecule has 0 spiro atoms. The van der Waals surface area contributed by atoms with E-state index in [0.29, 0.717) is 11.6 Å². The molecule has 1 fully saturated rings. The van der Waals surface area contributed by atoms with Crippen molar-refractivity contribution >= 4 is 23.9 Å². The number of nitrogens with two attached hydrogens (primary N) is 1. The monoisotopic (exact) mass is 350 g/mol. The van der Waals surface area contributed by atoms with Gasteiger partial charge < -0.3 is 15.8 Å². The van der Waals surface area contributed by atoms with Gasteiger partial charge in [0.2, 0.25) is 5.91 Å². The number of rotatable bonds is 6. The van der Waals surface area contributed by atoms with Crippen LogP contribution in [0.4, 0.5) is 0 Å². The molecule has 26 heavy (non-hydrogen) atoms. The van der Waals surface area contributed by atoms with Crippen LogP contribution in [-0.4, -0.2) is 23.8 Å². The zero-order valence-corrected chi connectivity index (χ0v) is 14.0. The standard InChI is InChI=1S/C20H18N2O4/c21-19(24)15-2-1-3-17(12-15)26-18(23)11-6-13-4-7-14(8-5-13)20(25)22-16-9-10-16/h1-8,11-12,16H,9-10H2,(H2,21,24)(H,22,25)/b11-6+. The first kappa shape index (κ1) is 17.4. The molecule has 6 heteroatoms. The molecule has 2 aromatic rings. The van der Waals surface area contributed by atoms with Crippen LogP contribution < -0.4 is 15.8 Å². The summed E-state index contributed by atoms with van der Waals surface area (Å²) < 4.78 is 5.14. The summed E-state index contributed by atoms with van der Waals surface area (Å²) in [6, 6.07) is 13.3. The van der Waals surface area contributed by atoms with Crippen molar-refractivity contribution in [2.24, 2.45) is 5.73 Å². The lowest BCUT2D eigenvalue weighted by atomic mass is 10.1. The Morgan fingerprint density at radius 2 is 1.77 bits per heavy atom. The molecule has 0 aliphatic heterocycles. The zero-order valence-electron chi connectivity index (χ0n) is 14.0. The molecule has 0 unspecified atom stereocenters. The second-order valence-corrected chi connectivity index (χ2v) is 6.02. The van der Waals surface area contributed by atoms with Gasteiger partial charge in [-0.15, -0.1) is 0 Å². The van der Waals surface area contributed by atoms with Crippen molar-refractivity contribution < 1.29 is 19.1 Å². The topological polar surface area (TPSA) is 98.5 Å². The highest BCUT2D eigenvalue weighted by Crippen LogP contribution is 2.19. The highest BCUT2D eigenvalue weighted by atomic mass is 16.5. The molecule has 1 aliphatic rings. The van der Waals surface area contributed by atoms with Gasteiger partial charge >= 0.3 is 5.97 Å². The number of hydrogen-bond donors (Lipinski definition) is 2. The van der Waals surface area contributed by atoms with Gasteiger partial charge in [-0.2, -0.15) is 0 Å². The van der Waals surface area contributed by atoms with Gasteiger partial charge in [-0.3, -0.25) is 9.59 Å². The molecule has 3 N–H and O–H groups in total. The van der Waals surface area contributed by atoms with E-state index in [2.05, 4.69) is 5.32 Å². The van der Waals surface area contributed by atoms with Gasteiger partial charge in [-0.05, 0) is 54.8 Å². The third-order valence-corrected chi connectivity index (χ3v) is 3.83. The van der Waals surface area contributed by atoms with Gasteiger partial charge in [0.25, 0.3) is 5.91 Å². The lowest BCUT2D eigenvalue weighted by Gasteiger charge is -2.04. The zero-order chi connectivity index (χ0) is 18.5. The second kappa shape index (κ2) is 7.65. The van der Waals surface area contributed by atoms with E-state index in [4.69, 9.17) is 10.5 Å². The highest BCUT2D eigenvalue weighted by Gasteiger charge is 2.23. The molecular formula is C20H18N2O4. The van der Waals surface area contributed by atoms with Gasteiger partial charge in [-0.25, -0.2) is 4.79 Å². The van der Waals surface area contributed by atoms with E-state index >= 15 is 0 Å². The SMILES string of the molecule is NC(=O)c1cccc(OC(=O)/C=C/c2ccc(C(=O)NC3CC3)cc2)c1. The van der Waals surface area contributed by atoms with Crippen LogP contribution >= 0.6 is 0 Å². The molecule has 2 aromatic carbocycles. The number of benzene rings is 2. The highest BCUT2D eigenvalue weighted by molar-refractivity contribution is 5.95. The first-order chi connectivity index (χ1) is 12.5. The molecule has 0 radical (unpaired) electrons. The second-order valence-electron chi connectivity index (χ2n) is 6.02. The first-order valence-electron chi connectivity index (χ1n) is 8.22. The first-order valence-corrected chi connectivity index (χ1v) is 8.22. The Bertz CT molecular complexity index is 868. The number of esters is 1. The largest absolute Gasteiger partial charge is 0.423 e. The number of hydrogen-bond acceptors (Lipinski definition) is 4. The van der Waals surface area contributed by atoms with Gasteiger partial charge in [0.1, 0.15) is 5.75 Å². The summed E-state index contributed by atoms with van der Waals surface area (Å²) in [4.78, 5) is 34.9. The lowest BCUT2D eigenvalue weighted by molar-refractivity contribution is -0.128. The minimum Gasteiger partial charge on any atom is -0.423 e. The smallest absolute Gasteiger partial charge is 0.336 e. The Labute approximate surface area is 150 Å². The molecule has 6 nitrogen and oxygen atoms in total. The maximum atomic E-state index is 11.9. The number of amides is 2. The van der Waals surface area contributed by atoms with Gasteiger partial charge in [0.15, 0.2) is 0 Å². The number of carbonyl (C=O) groups is 3. The fraction of sp³-hybridized carbons (Fsp3) is 0.150. The summed E-state index contributed by atoms with van der Waals surface area (Å²) in [5.74, 6) is -1.02. The normalized spacial score (nSPS) is 13.4. The van der Waals surface area contributed by atoms with Crippen molar-refractivity contribution in [1.82, 2.24) is 5.32 Å². The van der Waals surface area contributed by atoms with E-state index in [1.165, 1.54) is 18.2 Å². The van der Waals surface area contributed by atoms with E-state index < -0.39 is 11.9 Å². The summed E-state index contributed by atoms with van der Waals surface area (Å²) in [6.45, 7) is 0. The Kier molecular flexibility index (Phi) is 5.12. The summed E-state index contributed by atoms with van der Waals surface area (Å²) in [5.41, 5.74) is 6.80. The fourth-order valence-electron chi connectivity index (χ4n) is 2.27. The van der Waals surface area contributed by atoms with E-state index in [0.717, 1.165) is 18.4 Å². The summed E-state index contributed by atoms with van der Waals surface area (Å²) in [7, 11) is 0. The third-order valence-electron chi connectivity index (χ3n) is 3.83. The Hall–Kier alpha value is -3.41. The van der Waals surface area contributed by atoms with Crippen LogP contribution in [0.25, 0.3) is 6.08 Å². The quantitative estimate of drug-likeness (QED) is 0.474. The number of ether oxygens (including phenoxy) is 1. The van der Waals surface area contributed by atoms with Crippen LogP contribution in [0, 0.1) is 0 Å². The van der Waals surface area contributed by atoms with E-state index in [1.807, 2.05) is 0 Å². The maximum Gasteiger partial charge on any atom is 0.336 e. The Balaban J connectivity index is 1.58. The van der Waals surface area contributed by atoms with Crippen LogP contribution in [-0.2, 0) is 4.79 Å². The molecule has 3 rings (SSSR count). The maximum absolute atomic E-state index is 11.9. The van der Waals surface area contributed by atoms with Crippen molar-refractivity contribution in [2.75, 3.05) is 0 Å². The Morgan fingerprint density at radius 1 is 1.04 bits per heavy atom. The summed E-state index contributed by atoms with van der Waals surface area (Å²) in [6.07, 6.45) is 4.94. The molecule has 132 valence electrons. The van der Waals surface area contributed by atoms with E-state index in [9.17, 15) is 14.4 Å². The molecule has 0 bridgehead atoms. The van der Waals surface area contributed by atoms with Gasteiger partial charge in [-0.1, -0.05) is 18.2 Å². The molecule has 1 aliphatic carbocycles.